The Morgan fingerprint density at radius 3 is 2.39 bits per heavy atom. The zero-order valence-corrected chi connectivity index (χ0v) is 21.0. The predicted molar refractivity (Wildman–Crippen MR) is 136 cm³/mol. The standard InChI is InChI=1S/C27H34N2O3S/c1-6-29(16-15-23-12-9-17-33-23)25(30)24(28(5)26(31)32-27(2,3)4)19-20-13-14-21-10-7-8-11-22(21)18-20/h7-14,17-18,24H,6,15-16,19H2,1-5H3/t24-/m1/s1. The first kappa shape index (κ1) is 24.8. The predicted octanol–water partition coefficient (Wildman–Crippen LogP) is 5.77. The van der Waals surface area contributed by atoms with Gasteiger partial charge in [0.1, 0.15) is 11.6 Å². The first-order valence-corrected chi connectivity index (χ1v) is 12.3. The van der Waals surface area contributed by atoms with E-state index in [-0.39, 0.29) is 5.91 Å². The lowest BCUT2D eigenvalue weighted by Crippen LogP contribution is -2.51. The highest BCUT2D eigenvalue weighted by atomic mass is 32.1. The minimum Gasteiger partial charge on any atom is -0.444 e. The maximum atomic E-state index is 13.7. The lowest BCUT2D eigenvalue weighted by Gasteiger charge is -2.33. The minimum absolute atomic E-state index is 0.0597. The van der Waals surface area contributed by atoms with Crippen LogP contribution in [0.2, 0.25) is 0 Å². The van der Waals surface area contributed by atoms with Gasteiger partial charge in [0.2, 0.25) is 5.91 Å². The Kier molecular flexibility index (Phi) is 8.14. The van der Waals surface area contributed by atoms with Crippen LogP contribution in [0.1, 0.15) is 38.1 Å². The van der Waals surface area contributed by atoms with Gasteiger partial charge in [0, 0.05) is 31.4 Å². The van der Waals surface area contributed by atoms with Crippen LogP contribution < -0.4 is 0 Å². The second kappa shape index (κ2) is 10.8. The van der Waals surface area contributed by atoms with E-state index in [1.54, 1.807) is 18.4 Å². The molecule has 0 unspecified atom stereocenters. The quantitative estimate of drug-likeness (QED) is 0.423. The van der Waals surface area contributed by atoms with E-state index in [4.69, 9.17) is 4.74 Å². The summed E-state index contributed by atoms with van der Waals surface area (Å²) >= 11 is 1.69. The lowest BCUT2D eigenvalue weighted by molar-refractivity contribution is -0.136. The molecule has 2 amide bonds. The number of amides is 2. The molecule has 33 heavy (non-hydrogen) atoms. The molecule has 176 valence electrons. The fourth-order valence-corrected chi connectivity index (χ4v) is 4.47. The van der Waals surface area contributed by atoms with Crippen molar-refractivity contribution >= 4 is 34.1 Å². The van der Waals surface area contributed by atoms with Gasteiger partial charge in [0.25, 0.3) is 0 Å². The number of thiophene rings is 1. The Labute approximate surface area is 201 Å². The van der Waals surface area contributed by atoms with E-state index < -0.39 is 17.7 Å². The summed E-state index contributed by atoms with van der Waals surface area (Å²) in [7, 11) is 1.66. The van der Waals surface area contributed by atoms with Gasteiger partial charge in [-0.05, 0) is 61.9 Å². The molecular formula is C27H34N2O3S. The monoisotopic (exact) mass is 466 g/mol. The number of benzene rings is 2. The molecule has 1 aromatic heterocycles. The van der Waals surface area contributed by atoms with Gasteiger partial charge in [0.15, 0.2) is 0 Å². The molecule has 0 N–H and O–H groups in total. The number of carbonyl (C=O) groups is 2. The number of ether oxygens (including phenoxy) is 1. The third kappa shape index (κ3) is 6.81. The van der Waals surface area contributed by atoms with Crippen molar-refractivity contribution in [1.82, 2.24) is 9.80 Å². The van der Waals surface area contributed by atoms with Crippen LogP contribution in [0.3, 0.4) is 0 Å². The van der Waals surface area contributed by atoms with E-state index in [1.165, 1.54) is 9.78 Å². The third-order valence-corrected chi connectivity index (χ3v) is 6.51. The molecule has 0 saturated carbocycles. The Hall–Kier alpha value is -2.86. The Morgan fingerprint density at radius 2 is 1.76 bits per heavy atom. The van der Waals surface area contributed by atoms with Gasteiger partial charge in [-0.25, -0.2) is 4.79 Å². The number of rotatable bonds is 8. The summed E-state index contributed by atoms with van der Waals surface area (Å²) in [6, 6.07) is 17.8. The van der Waals surface area contributed by atoms with Crippen molar-refractivity contribution in [3.63, 3.8) is 0 Å². The van der Waals surface area contributed by atoms with Gasteiger partial charge in [-0.1, -0.05) is 48.5 Å². The molecule has 1 atom stereocenters. The van der Waals surface area contributed by atoms with Crippen LogP contribution >= 0.6 is 11.3 Å². The van der Waals surface area contributed by atoms with E-state index in [0.29, 0.717) is 19.5 Å². The van der Waals surface area contributed by atoms with Crippen molar-refractivity contribution < 1.29 is 14.3 Å². The minimum atomic E-state index is -0.649. The summed E-state index contributed by atoms with van der Waals surface area (Å²) in [5.41, 5.74) is 0.377. The average Bonchev–Trinajstić information content (AvgIpc) is 3.29. The number of fused-ring (bicyclic) bond motifs is 1. The fourth-order valence-electron chi connectivity index (χ4n) is 3.77. The molecule has 3 aromatic rings. The second-order valence-electron chi connectivity index (χ2n) is 9.24. The van der Waals surface area contributed by atoms with E-state index in [9.17, 15) is 9.59 Å². The second-order valence-corrected chi connectivity index (χ2v) is 10.3. The van der Waals surface area contributed by atoms with Crippen LogP contribution in [0, 0.1) is 0 Å². The molecule has 3 rings (SSSR count). The van der Waals surface area contributed by atoms with Crippen molar-refractivity contribution in [3.05, 3.63) is 70.4 Å². The zero-order chi connectivity index (χ0) is 24.0. The number of hydrogen-bond donors (Lipinski definition) is 0. The summed E-state index contributed by atoms with van der Waals surface area (Å²) in [6.45, 7) is 8.68. The molecular weight excluding hydrogens is 432 g/mol. The molecule has 0 saturated heterocycles. The van der Waals surface area contributed by atoms with Crippen molar-refractivity contribution in [3.8, 4) is 0 Å². The van der Waals surface area contributed by atoms with Crippen LogP contribution in [0.15, 0.2) is 60.0 Å². The van der Waals surface area contributed by atoms with Crippen molar-refractivity contribution in [2.24, 2.45) is 0 Å². The van der Waals surface area contributed by atoms with Crippen LogP contribution in [0.5, 0.6) is 0 Å². The Bertz CT molecular complexity index is 1070. The maximum absolute atomic E-state index is 13.7. The molecule has 0 radical (unpaired) electrons. The Balaban J connectivity index is 1.85. The van der Waals surface area contributed by atoms with Gasteiger partial charge in [-0.2, -0.15) is 0 Å². The van der Waals surface area contributed by atoms with Crippen LogP contribution in [0.25, 0.3) is 10.8 Å². The van der Waals surface area contributed by atoms with Gasteiger partial charge < -0.3 is 9.64 Å². The Morgan fingerprint density at radius 1 is 1.03 bits per heavy atom. The SMILES string of the molecule is CCN(CCc1cccs1)C(=O)[C@@H](Cc1ccc2ccccc2c1)N(C)C(=O)OC(C)(C)C. The van der Waals surface area contributed by atoms with Gasteiger partial charge >= 0.3 is 6.09 Å². The smallest absolute Gasteiger partial charge is 0.410 e. The molecule has 0 aliphatic rings. The first-order valence-electron chi connectivity index (χ1n) is 11.4. The summed E-state index contributed by atoms with van der Waals surface area (Å²) in [4.78, 5) is 31.1. The topological polar surface area (TPSA) is 49.9 Å². The van der Waals surface area contributed by atoms with Gasteiger partial charge in [0.05, 0.1) is 0 Å². The molecule has 2 aromatic carbocycles. The van der Waals surface area contributed by atoms with Crippen LogP contribution in [-0.2, 0) is 22.4 Å². The van der Waals surface area contributed by atoms with Gasteiger partial charge in [-0.15, -0.1) is 11.3 Å². The van der Waals surface area contributed by atoms with E-state index in [0.717, 1.165) is 22.8 Å². The molecule has 0 fully saturated rings. The molecule has 1 heterocycles. The normalized spacial score (nSPS) is 12.4. The van der Waals surface area contributed by atoms with Crippen molar-refractivity contribution in [2.75, 3.05) is 20.1 Å². The van der Waals surface area contributed by atoms with E-state index >= 15 is 0 Å². The molecule has 5 nitrogen and oxygen atoms in total. The number of carbonyl (C=O) groups excluding carboxylic acids is 2. The summed E-state index contributed by atoms with van der Waals surface area (Å²) in [5.74, 6) is -0.0597. The van der Waals surface area contributed by atoms with E-state index in [1.807, 2.05) is 62.2 Å². The molecule has 0 spiro atoms. The summed E-state index contributed by atoms with van der Waals surface area (Å²) < 4.78 is 5.59. The fraction of sp³-hybridized carbons (Fsp3) is 0.407. The summed E-state index contributed by atoms with van der Waals surface area (Å²) in [5, 5.41) is 4.31. The van der Waals surface area contributed by atoms with E-state index in [2.05, 4.69) is 30.3 Å². The largest absolute Gasteiger partial charge is 0.444 e. The van der Waals surface area contributed by atoms with Crippen molar-refractivity contribution in [1.29, 1.82) is 0 Å². The van der Waals surface area contributed by atoms with Gasteiger partial charge in [-0.3, -0.25) is 9.69 Å². The highest BCUT2D eigenvalue weighted by Gasteiger charge is 2.33. The summed E-state index contributed by atoms with van der Waals surface area (Å²) in [6.07, 6.45) is 0.737. The number of hydrogen-bond acceptors (Lipinski definition) is 4. The number of nitrogens with zero attached hydrogens (tertiary/aromatic N) is 2. The molecule has 0 aliphatic heterocycles. The molecule has 0 bridgehead atoms. The zero-order valence-electron chi connectivity index (χ0n) is 20.2. The molecule has 6 heteroatoms. The maximum Gasteiger partial charge on any atom is 0.410 e. The highest BCUT2D eigenvalue weighted by Crippen LogP contribution is 2.20. The molecule has 0 aliphatic carbocycles. The van der Waals surface area contributed by atoms with Crippen LogP contribution in [-0.4, -0.2) is 53.6 Å². The third-order valence-electron chi connectivity index (χ3n) is 5.58. The number of likely N-dealkylation sites (N-methyl/N-ethyl adjacent to an activating group) is 2. The average molecular weight is 467 g/mol. The first-order chi connectivity index (χ1) is 15.7. The lowest BCUT2D eigenvalue weighted by atomic mass is 10.00. The highest BCUT2D eigenvalue weighted by molar-refractivity contribution is 7.09. The van der Waals surface area contributed by atoms with Crippen LogP contribution in [0.4, 0.5) is 4.79 Å². The van der Waals surface area contributed by atoms with Crippen molar-refractivity contribution in [2.45, 2.75) is 52.2 Å².